The van der Waals surface area contributed by atoms with Crippen molar-refractivity contribution in [2.45, 2.75) is 25.9 Å². The van der Waals surface area contributed by atoms with Crippen molar-refractivity contribution in [1.82, 2.24) is 10.2 Å². The van der Waals surface area contributed by atoms with E-state index in [1.165, 1.54) is 0 Å². The molecule has 0 bridgehead atoms. The first-order chi connectivity index (χ1) is 9.63. The van der Waals surface area contributed by atoms with Crippen molar-refractivity contribution < 1.29 is 14.3 Å². The average molecular weight is 313 g/mol. The Morgan fingerprint density at radius 2 is 1.76 bits per heavy atom. The molecule has 2 aliphatic rings. The van der Waals surface area contributed by atoms with Crippen LogP contribution in [0.1, 0.15) is 24.2 Å². The SMILES string of the molecule is CC1CN(C(=O)c2ccc3c(c2)OCCO3)CC(C)N1.Cl. The van der Waals surface area contributed by atoms with E-state index in [9.17, 15) is 4.79 Å². The van der Waals surface area contributed by atoms with Gasteiger partial charge in [0.1, 0.15) is 13.2 Å². The molecule has 0 radical (unpaired) electrons. The minimum absolute atomic E-state index is 0. The number of rotatable bonds is 1. The molecule has 1 saturated heterocycles. The number of fused-ring (bicyclic) bond motifs is 1. The van der Waals surface area contributed by atoms with Gasteiger partial charge in [-0.1, -0.05) is 0 Å². The monoisotopic (exact) mass is 312 g/mol. The Bertz CT molecular complexity index is 514. The van der Waals surface area contributed by atoms with Gasteiger partial charge in [0.2, 0.25) is 0 Å². The first-order valence-corrected chi connectivity index (χ1v) is 7.08. The van der Waals surface area contributed by atoms with E-state index >= 15 is 0 Å². The van der Waals surface area contributed by atoms with E-state index in [1.54, 1.807) is 6.07 Å². The molecule has 0 saturated carbocycles. The summed E-state index contributed by atoms with van der Waals surface area (Å²) in [5.41, 5.74) is 0.663. The topological polar surface area (TPSA) is 50.8 Å². The number of halogens is 1. The van der Waals surface area contributed by atoms with Gasteiger partial charge in [-0.25, -0.2) is 0 Å². The highest BCUT2D eigenvalue weighted by atomic mass is 35.5. The Hall–Kier alpha value is -1.46. The van der Waals surface area contributed by atoms with Crippen LogP contribution in [0.4, 0.5) is 0 Å². The first-order valence-electron chi connectivity index (χ1n) is 7.08. The molecule has 1 aromatic rings. The normalized spacial score (nSPS) is 24.2. The smallest absolute Gasteiger partial charge is 0.254 e. The number of amides is 1. The van der Waals surface area contributed by atoms with Crippen LogP contribution < -0.4 is 14.8 Å². The molecule has 1 fully saturated rings. The van der Waals surface area contributed by atoms with Crippen molar-refractivity contribution in [3.05, 3.63) is 23.8 Å². The Balaban J connectivity index is 0.00000161. The third-order valence-electron chi connectivity index (χ3n) is 3.63. The summed E-state index contributed by atoms with van der Waals surface area (Å²) in [5.74, 6) is 1.44. The predicted molar refractivity (Wildman–Crippen MR) is 82.6 cm³/mol. The number of ether oxygens (including phenoxy) is 2. The Labute approximate surface area is 131 Å². The lowest BCUT2D eigenvalue weighted by molar-refractivity contribution is 0.0672. The number of carbonyl (C=O) groups is 1. The lowest BCUT2D eigenvalue weighted by Crippen LogP contribution is -2.55. The first kappa shape index (κ1) is 15.9. The zero-order valence-corrected chi connectivity index (χ0v) is 13.1. The quantitative estimate of drug-likeness (QED) is 0.857. The van der Waals surface area contributed by atoms with Gasteiger partial charge >= 0.3 is 0 Å². The fourth-order valence-electron chi connectivity index (χ4n) is 2.85. The van der Waals surface area contributed by atoms with Crippen LogP contribution in [0.2, 0.25) is 0 Å². The van der Waals surface area contributed by atoms with Crippen LogP contribution >= 0.6 is 12.4 Å². The van der Waals surface area contributed by atoms with Gasteiger partial charge in [-0.3, -0.25) is 4.79 Å². The third-order valence-corrected chi connectivity index (χ3v) is 3.63. The maximum atomic E-state index is 12.6. The standard InChI is InChI=1S/C15H20N2O3.ClH/c1-10-8-17(9-11(2)16-10)15(18)12-3-4-13-14(7-12)20-6-5-19-13;/h3-4,7,10-11,16H,5-6,8-9H2,1-2H3;1H. The Morgan fingerprint density at radius 3 is 2.43 bits per heavy atom. The van der Waals surface area contributed by atoms with Crippen LogP contribution in [0.5, 0.6) is 11.5 Å². The van der Waals surface area contributed by atoms with Crippen LogP contribution in [0.25, 0.3) is 0 Å². The van der Waals surface area contributed by atoms with Gasteiger partial charge in [-0.05, 0) is 32.0 Å². The summed E-state index contributed by atoms with van der Waals surface area (Å²) in [5, 5.41) is 3.43. The number of piperazine rings is 1. The second-order valence-corrected chi connectivity index (χ2v) is 5.54. The van der Waals surface area contributed by atoms with Gasteiger partial charge in [0.05, 0.1) is 0 Å². The molecular formula is C15H21ClN2O3. The molecular weight excluding hydrogens is 292 g/mol. The molecule has 2 heterocycles. The molecule has 2 aliphatic heterocycles. The molecule has 0 spiro atoms. The summed E-state index contributed by atoms with van der Waals surface area (Å²) in [6.45, 7) is 6.76. The van der Waals surface area contributed by atoms with Gasteiger partial charge in [0, 0.05) is 30.7 Å². The van der Waals surface area contributed by atoms with Crippen molar-refractivity contribution in [2.24, 2.45) is 0 Å². The lowest BCUT2D eigenvalue weighted by Gasteiger charge is -2.36. The molecule has 116 valence electrons. The third kappa shape index (κ3) is 3.41. The van der Waals surface area contributed by atoms with Gasteiger partial charge in [0.15, 0.2) is 11.5 Å². The Morgan fingerprint density at radius 1 is 1.14 bits per heavy atom. The van der Waals surface area contributed by atoms with Gasteiger partial charge in [0.25, 0.3) is 5.91 Å². The summed E-state index contributed by atoms with van der Waals surface area (Å²) >= 11 is 0. The van der Waals surface area contributed by atoms with E-state index in [4.69, 9.17) is 9.47 Å². The number of carbonyl (C=O) groups excluding carboxylic acids is 1. The molecule has 2 atom stereocenters. The highest BCUT2D eigenvalue weighted by Crippen LogP contribution is 2.31. The van der Waals surface area contributed by atoms with Crippen LogP contribution in [-0.4, -0.2) is 49.2 Å². The minimum Gasteiger partial charge on any atom is -0.486 e. The summed E-state index contributed by atoms with van der Waals surface area (Å²) in [4.78, 5) is 14.5. The zero-order chi connectivity index (χ0) is 14.1. The molecule has 3 rings (SSSR count). The highest BCUT2D eigenvalue weighted by molar-refractivity contribution is 5.95. The van der Waals surface area contributed by atoms with E-state index in [2.05, 4.69) is 19.2 Å². The minimum atomic E-state index is 0. The van der Waals surface area contributed by atoms with Gasteiger partial charge in [-0.15, -0.1) is 12.4 Å². The van der Waals surface area contributed by atoms with Gasteiger partial charge < -0.3 is 19.7 Å². The van der Waals surface area contributed by atoms with E-state index in [0.29, 0.717) is 36.6 Å². The van der Waals surface area contributed by atoms with E-state index in [1.807, 2.05) is 17.0 Å². The average Bonchev–Trinajstić information content (AvgIpc) is 2.45. The summed E-state index contributed by atoms with van der Waals surface area (Å²) in [6, 6.07) is 6.05. The summed E-state index contributed by atoms with van der Waals surface area (Å²) < 4.78 is 11.0. The molecule has 1 amide bonds. The maximum absolute atomic E-state index is 12.6. The lowest BCUT2D eigenvalue weighted by atomic mass is 10.1. The molecule has 5 nitrogen and oxygen atoms in total. The Kier molecular flexibility index (Phi) is 4.96. The largest absolute Gasteiger partial charge is 0.486 e. The molecule has 0 aliphatic carbocycles. The number of nitrogens with zero attached hydrogens (tertiary/aromatic N) is 1. The molecule has 6 heteroatoms. The zero-order valence-electron chi connectivity index (χ0n) is 12.3. The molecule has 2 unspecified atom stereocenters. The number of benzene rings is 1. The predicted octanol–water partition coefficient (Wildman–Crippen LogP) is 1.70. The van der Waals surface area contributed by atoms with Crippen LogP contribution in [0.3, 0.4) is 0 Å². The summed E-state index contributed by atoms with van der Waals surface area (Å²) in [6.07, 6.45) is 0. The number of hydrogen-bond donors (Lipinski definition) is 1. The fraction of sp³-hybridized carbons (Fsp3) is 0.533. The molecule has 1 aromatic carbocycles. The van der Waals surface area contributed by atoms with Crippen molar-refractivity contribution >= 4 is 18.3 Å². The van der Waals surface area contributed by atoms with Crippen LogP contribution in [0.15, 0.2) is 18.2 Å². The molecule has 0 aromatic heterocycles. The van der Waals surface area contributed by atoms with Gasteiger partial charge in [-0.2, -0.15) is 0 Å². The fourth-order valence-corrected chi connectivity index (χ4v) is 2.85. The highest BCUT2D eigenvalue weighted by Gasteiger charge is 2.26. The second kappa shape index (κ2) is 6.54. The second-order valence-electron chi connectivity index (χ2n) is 5.54. The maximum Gasteiger partial charge on any atom is 0.254 e. The van der Waals surface area contributed by atoms with E-state index < -0.39 is 0 Å². The van der Waals surface area contributed by atoms with E-state index in [-0.39, 0.29) is 18.3 Å². The van der Waals surface area contributed by atoms with Crippen molar-refractivity contribution in [1.29, 1.82) is 0 Å². The molecule has 1 N–H and O–H groups in total. The molecule has 21 heavy (non-hydrogen) atoms. The van der Waals surface area contributed by atoms with Crippen molar-refractivity contribution in [2.75, 3.05) is 26.3 Å². The van der Waals surface area contributed by atoms with Crippen LogP contribution in [-0.2, 0) is 0 Å². The van der Waals surface area contributed by atoms with Crippen molar-refractivity contribution in [3.63, 3.8) is 0 Å². The number of hydrogen-bond acceptors (Lipinski definition) is 4. The van der Waals surface area contributed by atoms with E-state index in [0.717, 1.165) is 18.8 Å². The summed E-state index contributed by atoms with van der Waals surface area (Å²) in [7, 11) is 0. The number of nitrogens with one attached hydrogen (secondary N) is 1. The van der Waals surface area contributed by atoms with Crippen LogP contribution in [0, 0.1) is 0 Å². The van der Waals surface area contributed by atoms with Crippen molar-refractivity contribution in [3.8, 4) is 11.5 Å².